The average Bonchev–Trinajstić information content (AvgIpc) is 0.828. The minimum atomic E-state index is -0.330. The van der Waals surface area contributed by atoms with Crippen LogP contribution >= 0.6 is 0 Å². The Balaban J connectivity index is 0.992. The molecule has 0 unspecified atom stereocenters. The highest BCUT2D eigenvalue weighted by Gasteiger charge is 2.47. The number of benzene rings is 16. The molecular weight excluding hydrogens is 1520 g/mol. The lowest BCUT2D eigenvalue weighted by Crippen LogP contribution is -2.61. The minimum absolute atomic E-state index is 0.129. The summed E-state index contributed by atoms with van der Waals surface area (Å²) >= 11 is 0. The average molecular weight is 1640 g/mol. The van der Waals surface area contributed by atoms with Gasteiger partial charge < -0.3 is 23.8 Å². The molecule has 0 N–H and O–H groups in total. The van der Waals surface area contributed by atoms with Crippen molar-refractivity contribution in [3.8, 4) is 67.0 Å². The summed E-state index contributed by atoms with van der Waals surface area (Å²) in [4.78, 5) is 7.93. The van der Waals surface area contributed by atoms with E-state index in [0.717, 1.165) is 135 Å². The summed E-state index contributed by atoms with van der Waals surface area (Å²) in [5, 5.41) is 4.81. The fourth-order valence-electron chi connectivity index (χ4n) is 19.7. The van der Waals surface area contributed by atoms with Crippen molar-refractivity contribution in [1.29, 1.82) is 0 Å². The van der Waals surface area contributed by atoms with E-state index in [2.05, 4.69) is 500 Å². The Morgan fingerprint density at radius 1 is 0.214 bits per heavy atom. The zero-order valence-corrected chi connectivity index (χ0v) is 76.3. The van der Waals surface area contributed by atoms with Gasteiger partial charge in [-0.2, -0.15) is 0 Å². The molecule has 0 bridgehead atoms. The monoisotopic (exact) mass is 1630 g/mol. The van der Waals surface area contributed by atoms with Gasteiger partial charge >= 0.3 is 0 Å². The van der Waals surface area contributed by atoms with Gasteiger partial charge in [0.15, 0.2) is 0 Å². The maximum atomic E-state index is 2.77. The maximum Gasteiger partial charge on any atom is 0.252 e. The summed E-state index contributed by atoms with van der Waals surface area (Å²) in [6.45, 7) is 42.2. The highest BCUT2D eigenvalue weighted by molar-refractivity contribution is 7.00. The van der Waals surface area contributed by atoms with E-state index in [1.807, 2.05) is 0 Å². The lowest BCUT2D eigenvalue weighted by atomic mass is 9.33. The number of para-hydroxylation sites is 3. The highest BCUT2D eigenvalue weighted by atomic mass is 15.2. The van der Waals surface area contributed by atoms with Crippen LogP contribution in [-0.4, -0.2) is 15.8 Å². The second kappa shape index (κ2) is 30.2. The van der Waals surface area contributed by atoms with E-state index in [9.17, 15) is 0 Å². The molecule has 0 atom stereocenters. The first-order valence-electron chi connectivity index (χ1n) is 45.1. The van der Waals surface area contributed by atoms with Gasteiger partial charge in [0.2, 0.25) is 0 Å². The second-order valence-electron chi connectivity index (χ2n) is 41.5. The van der Waals surface area contributed by atoms with E-state index in [1.54, 1.807) is 0 Å². The summed E-state index contributed by atoms with van der Waals surface area (Å²) < 4.78 is 5.18. The van der Waals surface area contributed by atoms with Gasteiger partial charge in [0, 0.05) is 89.3 Å². The van der Waals surface area contributed by atoms with Crippen LogP contribution < -0.4 is 31.1 Å². The van der Waals surface area contributed by atoms with Crippen LogP contribution in [0.4, 0.5) is 51.2 Å². The van der Waals surface area contributed by atoms with Crippen LogP contribution in [-0.2, 0) is 32.5 Å². The van der Waals surface area contributed by atoms with Crippen LogP contribution in [0.2, 0.25) is 0 Å². The summed E-state index contributed by atoms with van der Waals surface area (Å²) in [6, 6.07) is 136. The number of rotatable bonds is 12. The maximum absolute atomic E-state index is 2.77. The van der Waals surface area contributed by atoms with Gasteiger partial charge in [-0.15, -0.1) is 0 Å². The number of nitrogens with zero attached hydrogens (tertiary/aromatic N) is 5. The van der Waals surface area contributed by atoms with Crippen molar-refractivity contribution in [1.82, 2.24) is 9.13 Å². The fraction of sp³-hybridized carbons (Fsp3) is 0.200. The van der Waals surface area contributed by atoms with Crippen molar-refractivity contribution in [2.24, 2.45) is 0 Å². The van der Waals surface area contributed by atoms with E-state index in [0.29, 0.717) is 0 Å². The predicted octanol–water partition coefficient (Wildman–Crippen LogP) is 31.6. The van der Waals surface area contributed by atoms with E-state index >= 15 is 0 Å². The van der Waals surface area contributed by atoms with Gasteiger partial charge in [-0.05, 0) is 243 Å². The highest BCUT2D eigenvalue weighted by Crippen LogP contribution is 2.57. The quantitative estimate of drug-likeness (QED) is 0.114. The van der Waals surface area contributed by atoms with Crippen molar-refractivity contribution in [2.45, 2.75) is 157 Å². The van der Waals surface area contributed by atoms with Crippen LogP contribution in [0.3, 0.4) is 0 Å². The number of anilines is 9. The molecule has 0 spiro atoms. The second-order valence-corrected chi connectivity index (χ2v) is 41.5. The van der Waals surface area contributed by atoms with Crippen LogP contribution in [0.15, 0.2) is 352 Å². The molecule has 4 heterocycles. The fourth-order valence-corrected chi connectivity index (χ4v) is 19.7. The Kier molecular flexibility index (Phi) is 19.4. The molecule has 0 amide bonds. The van der Waals surface area contributed by atoms with Gasteiger partial charge in [0.25, 0.3) is 6.71 Å². The molecular formula is C120H112BN5. The Hall–Kier alpha value is -13.4. The van der Waals surface area contributed by atoms with Gasteiger partial charge in [-0.3, -0.25) is 0 Å². The SMILES string of the molecule is CC(C)(C)c1cc(-c2ccc3c(c2)N(c2c(-c4ccccc4)cc(C(C)(C)C)cc2-c2ccccc2)c2cc(-n4c5ccc(C(C)(C)C)cc5c5cc(C(C)(C)C)ccc54)cc4c2B3c2ccc(-n3c5ccccc5c5cc(N(c6ccccc6)c6ccccc6)ccc53)cc2N4c2c(-c3ccccc3)cc(C(C)(C)C)cc2-c2ccccc2)cc(C(C)(C)C)c1. The first-order chi connectivity index (χ1) is 60.3. The molecule has 0 saturated heterocycles. The number of fused-ring (bicyclic) bond motifs is 10. The Morgan fingerprint density at radius 3 is 0.960 bits per heavy atom. The predicted molar refractivity (Wildman–Crippen MR) is 543 cm³/mol. The number of aromatic nitrogens is 2. The molecule has 0 fully saturated rings. The number of hydrogen-bond acceptors (Lipinski definition) is 3. The Labute approximate surface area is 746 Å². The molecule has 126 heavy (non-hydrogen) atoms. The van der Waals surface area contributed by atoms with Crippen molar-refractivity contribution < 1.29 is 0 Å². The molecule has 0 aliphatic carbocycles. The molecule has 0 saturated carbocycles. The smallest absolute Gasteiger partial charge is 0.252 e. The third-order valence-electron chi connectivity index (χ3n) is 26.7. The van der Waals surface area contributed by atoms with E-state index in [1.165, 1.54) is 76.9 Å². The summed E-state index contributed by atoms with van der Waals surface area (Å²) in [7, 11) is 0. The zero-order valence-electron chi connectivity index (χ0n) is 76.3. The van der Waals surface area contributed by atoms with Crippen LogP contribution in [0.25, 0.3) is 111 Å². The van der Waals surface area contributed by atoms with Crippen molar-refractivity contribution >= 4 is 118 Å². The summed E-state index contributed by atoms with van der Waals surface area (Å²) in [5.41, 5.74) is 38.4. The van der Waals surface area contributed by atoms with E-state index in [4.69, 9.17) is 0 Å². The van der Waals surface area contributed by atoms with Crippen LogP contribution in [0.5, 0.6) is 0 Å². The van der Waals surface area contributed by atoms with Crippen molar-refractivity contribution in [3.05, 3.63) is 385 Å². The largest absolute Gasteiger partial charge is 0.310 e. The minimum Gasteiger partial charge on any atom is -0.310 e. The van der Waals surface area contributed by atoms with Crippen molar-refractivity contribution in [3.63, 3.8) is 0 Å². The Bertz CT molecular complexity index is 7030. The lowest BCUT2D eigenvalue weighted by molar-refractivity contribution is 0.569. The van der Waals surface area contributed by atoms with Gasteiger partial charge in [0.1, 0.15) is 0 Å². The normalized spacial score (nSPS) is 13.1. The molecule has 2 aliphatic rings. The number of hydrogen-bond donors (Lipinski definition) is 0. The summed E-state index contributed by atoms with van der Waals surface area (Å²) in [6.07, 6.45) is 0. The van der Waals surface area contributed by atoms with Crippen LogP contribution in [0, 0.1) is 0 Å². The molecule has 16 aromatic carbocycles. The molecule has 2 aromatic heterocycles. The third-order valence-corrected chi connectivity index (χ3v) is 26.7. The van der Waals surface area contributed by atoms with Gasteiger partial charge in [-0.1, -0.05) is 349 Å². The molecule has 5 nitrogen and oxygen atoms in total. The lowest BCUT2D eigenvalue weighted by Gasteiger charge is -2.46. The van der Waals surface area contributed by atoms with Crippen LogP contribution in [0.1, 0.15) is 158 Å². The van der Waals surface area contributed by atoms with Crippen molar-refractivity contribution in [2.75, 3.05) is 14.7 Å². The van der Waals surface area contributed by atoms with E-state index < -0.39 is 0 Å². The summed E-state index contributed by atoms with van der Waals surface area (Å²) in [5.74, 6) is 0. The molecule has 18 aromatic rings. The molecule has 6 heteroatoms. The first-order valence-corrected chi connectivity index (χ1v) is 45.1. The Morgan fingerprint density at radius 2 is 0.548 bits per heavy atom. The standard InChI is InChI=1S/C120H112BN5/c1-115(2,3)83-54-60-105-99(67-83)100-68-84(116(4,5)6)55-61-106(100)124(105)93-75-110-112-111(76-93)126(114-97(79-43-29-21-30-44-79)71-88(120(16,17)18)72-98(114)80-45-31-22-32-46-80)109-74-92(123-104-52-38-37-51-94(104)101-73-91(57-62-107(101)123)122(89-47-33-23-34-48-89)90-49-35-24-36-50-90)56-59-103(109)121(112)102-58-53-81(82-63-85(117(7,8)9)66-86(64-82)118(10,11)12)65-108(102)125(110)113-95(77-39-25-19-26-40-77)69-87(119(13,14)15)70-96(113)78-41-27-20-28-42-78/h19-76H,1-18H3. The molecule has 2 aliphatic heterocycles. The molecule has 620 valence electrons. The first kappa shape index (κ1) is 81.0. The molecule has 0 radical (unpaired) electrons. The van der Waals surface area contributed by atoms with Gasteiger partial charge in [0.05, 0.1) is 39.1 Å². The van der Waals surface area contributed by atoms with E-state index in [-0.39, 0.29) is 39.2 Å². The zero-order chi connectivity index (χ0) is 87.4. The third kappa shape index (κ3) is 14.1. The topological polar surface area (TPSA) is 19.6 Å². The molecule has 20 rings (SSSR count). The van der Waals surface area contributed by atoms with Gasteiger partial charge in [-0.25, -0.2) is 0 Å².